The minimum absolute atomic E-state index is 0.134. The van der Waals surface area contributed by atoms with E-state index in [4.69, 9.17) is 9.47 Å². The van der Waals surface area contributed by atoms with E-state index < -0.39 is 11.9 Å². The van der Waals surface area contributed by atoms with Crippen molar-refractivity contribution >= 4 is 17.7 Å². The van der Waals surface area contributed by atoms with Crippen LogP contribution in [0.25, 0.3) is 0 Å². The maximum atomic E-state index is 14.5. The number of esters is 1. The highest BCUT2D eigenvalue weighted by Crippen LogP contribution is 2.30. The van der Waals surface area contributed by atoms with E-state index in [9.17, 15) is 14.0 Å². The predicted octanol–water partition coefficient (Wildman–Crippen LogP) is 4.28. The second-order valence-corrected chi connectivity index (χ2v) is 8.46. The summed E-state index contributed by atoms with van der Waals surface area (Å²) in [6, 6.07) is 13.5. The largest absolute Gasteiger partial charge is 0.465 e. The molecule has 0 unspecified atom stereocenters. The van der Waals surface area contributed by atoms with Crippen LogP contribution in [0.2, 0.25) is 0 Å². The fourth-order valence-corrected chi connectivity index (χ4v) is 4.58. The van der Waals surface area contributed by atoms with Gasteiger partial charge < -0.3 is 9.47 Å². The fourth-order valence-electron chi connectivity index (χ4n) is 4.58. The molecule has 0 aliphatic carbocycles. The predicted molar refractivity (Wildman–Crippen MR) is 119 cm³/mol. The van der Waals surface area contributed by atoms with Crippen molar-refractivity contribution in [2.45, 2.75) is 31.8 Å². The molecule has 7 heteroatoms. The minimum Gasteiger partial charge on any atom is -0.465 e. The summed E-state index contributed by atoms with van der Waals surface area (Å²) in [5, 5.41) is 0. The Labute approximate surface area is 187 Å². The molecule has 3 heterocycles. The smallest absolute Gasteiger partial charge is 0.414 e. The normalized spacial score (nSPS) is 21.8. The van der Waals surface area contributed by atoms with Crippen molar-refractivity contribution in [1.82, 2.24) is 4.90 Å². The third kappa shape index (κ3) is 5.10. The van der Waals surface area contributed by atoms with Crippen LogP contribution in [0, 0.1) is 11.7 Å². The first-order chi connectivity index (χ1) is 15.5. The molecule has 3 saturated heterocycles. The molecule has 2 aromatic carbocycles. The molecule has 0 aromatic heterocycles. The van der Waals surface area contributed by atoms with Crippen molar-refractivity contribution in [3.05, 3.63) is 65.5 Å². The van der Waals surface area contributed by atoms with Gasteiger partial charge in [-0.1, -0.05) is 24.3 Å². The van der Waals surface area contributed by atoms with Gasteiger partial charge in [0.15, 0.2) is 0 Å². The molecule has 5 rings (SSSR count). The van der Waals surface area contributed by atoms with Crippen LogP contribution in [0.15, 0.2) is 48.5 Å². The number of aryl methyl sites for hydroxylation is 1. The Hall–Kier alpha value is -2.93. The Morgan fingerprint density at radius 1 is 1.09 bits per heavy atom. The SMILES string of the molecule is COC(=O)c1ccc(CCCN(C(=O)O[C@H]2CN3CCC2CC3)c2ccccc2F)cc1. The highest BCUT2D eigenvalue weighted by molar-refractivity contribution is 5.89. The molecule has 0 spiro atoms. The Kier molecular flexibility index (Phi) is 7.05. The van der Waals surface area contributed by atoms with Crippen LogP contribution < -0.4 is 4.90 Å². The van der Waals surface area contributed by atoms with E-state index in [-0.39, 0.29) is 17.8 Å². The lowest BCUT2D eigenvalue weighted by Gasteiger charge is -2.44. The third-order valence-corrected chi connectivity index (χ3v) is 6.43. The van der Waals surface area contributed by atoms with E-state index in [0.29, 0.717) is 30.9 Å². The van der Waals surface area contributed by atoms with Gasteiger partial charge in [-0.2, -0.15) is 0 Å². The number of benzene rings is 2. The molecule has 2 bridgehead atoms. The maximum Gasteiger partial charge on any atom is 0.414 e. The zero-order chi connectivity index (χ0) is 22.5. The van der Waals surface area contributed by atoms with Gasteiger partial charge in [-0.05, 0) is 74.5 Å². The number of piperidine rings is 3. The molecule has 0 N–H and O–H groups in total. The first-order valence-corrected chi connectivity index (χ1v) is 11.2. The topological polar surface area (TPSA) is 59.1 Å². The summed E-state index contributed by atoms with van der Waals surface area (Å²) in [6.45, 7) is 3.21. The van der Waals surface area contributed by atoms with Gasteiger partial charge in [0.25, 0.3) is 0 Å². The van der Waals surface area contributed by atoms with Crippen LogP contribution in [0.5, 0.6) is 0 Å². The van der Waals surface area contributed by atoms with Gasteiger partial charge in [-0.3, -0.25) is 9.80 Å². The number of fused-ring (bicyclic) bond motifs is 3. The Bertz CT molecular complexity index is 941. The molecule has 3 fully saturated rings. The first kappa shape index (κ1) is 22.3. The lowest BCUT2D eigenvalue weighted by molar-refractivity contribution is -0.0310. The lowest BCUT2D eigenvalue weighted by atomic mass is 9.86. The number of nitrogens with zero attached hydrogens (tertiary/aromatic N) is 2. The van der Waals surface area contributed by atoms with Crippen molar-refractivity contribution in [1.29, 1.82) is 0 Å². The molecule has 32 heavy (non-hydrogen) atoms. The van der Waals surface area contributed by atoms with Gasteiger partial charge in [-0.15, -0.1) is 0 Å². The Morgan fingerprint density at radius 2 is 1.81 bits per heavy atom. The van der Waals surface area contributed by atoms with Crippen molar-refractivity contribution in [3.8, 4) is 0 Å². The number of amides is 1. The molecular formula is C25H29FN2O4. The van der Waals surface area contributed by atoms with Crippen molar-refractivity contribution < 1.29 is 23.5 Å². The van der Waals surface area contributed by atoms with Crippen molar-refractivity contribution in [3.63, 3.8) is 0 Å². The Morgan fingerprint density at radius 3 is 2.44 bits per heavy atom. The highest BCUT2D eigenvalue weighted by Gasteiger charge is 2.37. The van der Waals surface area contributed by atoms with E-state index in [1.807, 2.05) is 12.1 Å². The first-order valence-electron chi connectivity index (χ1n) is 11.2. The average Bonchev–Trinajstić information content (AvgIpc) is 2.83. The van der Waals surface area contributed by atoms with Crippen molar-refractivity contribution in [2.24, 2.45) is 5.92 Å². The number of rotatable bonds is 7. The number of halogens is 1. The monoisotopic (exact) mass is 440 g/mol. The number of methoxy groups -OCH3 is 1. The number of carbonyl (C=O) groups is 2. The molecule has 3 aliphatic heterocycles. The van der Waals surface area contributed by atoms with E-state index in [2.05, 4.69) is 4.90 Å². The van der Waals surface area contributed by atoms with E-state index in [0.717, 1.165) is 38.0 Å². The molecule has 3 aliphatic rings. The maximum absolute atomic E-state index is 14.5. The fraction of sp³-hybridized carbons (Fsp3) is 0.440. The van der Waals surface area contributed by atoms with Gasteiger partial charge in [0.2, 0.25) is 0 Å². The summed E-state index contributed by atoms with van der Waals surface area (Å²) in [6.07, 6.45) is 2.76. The summed E-state index contributed by atoms with van der Waals surface area (Å²) in [4.78, 5) is 28.4. The number of para-hydroxylation sites is 1. The van der Waals surface area contributed by atoms with Crippen LogP contribution in [-0.2, 0) is 15.9 Å². The molecular weight excluding hydrogens is 411 g/mol. The molecule has 0 radical (unpaired) electrons. The zero-order valence-corrected chi connectivity index (χ0v) is 18.3. The van der Waals surface area contributed by atoms with E-state index in [1.165, 1.54) is 18.1 Å². The zero-order valence-electron chi connectivity index (χ0n) is 18.3. The van der Waals surface area contributed by atoms with Crippen LogP contribution in [0.3, 0.4) is 0 Å². The summed E-state index contributed by atoms with van der Waals surface area (Å²) in [7, 11) is 1.35. The molecule has 2 aromatic rings. The van der Waals surface area contributed by atoms with Crippen molar-refractivity contribution in [2.75, 3.05) is 38.2 Å². The Balaban J connectivity index is 1.41. The number of hydrogen-bond acceptors (Lipinski definition) is 5. The minimum atomic E-state index is -0.491. The second-order valence-electron chi connectivity index (χ2n) is 8.46. The number of anilines is 1. The summed E-state index contributed by atoms with van der Waals surface area (Å²) >= 11 is 0. The molecule has 6 nitrogen and oxygen atoms in total. The van der Waals surface area contributed by atoms with Crippen LogP contribution in [0.4, 0.5) is 14.9 Å². The van der Waals surface area contributed by atoms with Gasteiger partial charge in [0, 0.05) is 13.1 Å². The van der Waals surface area contributed by atoms with Crippen LogP contribution in [-0.4, -0.2) is 56.4 Å². The second kappa shape index (κ2) is 10.1. The highest BCUT2D eigenvalue weighted by atomic mass is 19.1. The summed E-state index contributed by atoms with van der Waals surface area (Å²) < 4.78 is 25.1. The average molecular weight is 441 g/mol. The number of hydrogen-bond donors (Lipinski definition) is 0. The third-order valence-electron chi connectivity index (χ3n) is 6.43. The number of carbonyl (C=O) groups excluding carboxylic acids is 2. The molecule has 1 amide bonds. The summed E-state index contributed by atoms with van der Waals surface area (Å²) in [5.41, 5.74) is 1.75. The quantitative estimate of drug-likeness (QED) is 0.602. The van der Waals surface area contributed by atoms with Gasteiger partial charge in [0.05, 0.1) is 18.4 Å². The van der Waals surface area contributed by atoms with Crippen LogP contribution in [0.1, 0.15) is 35.2 Å². The van der Waals surface area contributed by atoms with Gasteiger partial charge in [-0.25, -0.2) is 14.0 Å². The standard InChI is InChI=1S/C25H29FN2O4/c1-31-24(29)20-10-8-18(9-11-20)5-4-14-28(22-7-3-2-6-21(22)26)25(30)32-23-17-27-15-12-19(23)13-16-27/h2-3,6-11,19,23H,4-5,12-17H2,1H3/t23-/m0/s1. The van der Waals surface area contributed by atoms with E-state index in [1.54, 1.807) is 30.3 Å². The molecule has 1 atom stereocenters. The van der Waals surface area contributed by atoms with Gasteiger partial charge >= 0.3 is 12.1 Å². The summed E-state index contributed by atoms with van der Waals surface area (Å²) in [5.74, 6) is -0.432. The number of ether oxygens (including phenoxy) is 2. The van der Waals surface area contributed by atoms with Crippen LogP contribution >= 0.6 is 0 Å². The van der Waals surface area contributed by atoms with Gasteiger partial charge in [0.1, 0.15) is 11.9 Å². The molecule has 170 valence electrons. The van der Waals surface area contributed by atoms with E-state index >= 15 is 0 Å². The lowest BCUT2D eigenvalue weighted by Crippen LogP contribution is -2.53. The molecule has 0 saturated carbocycles.